The highest BCUT2D eigenvalue weighted by molar-refractivity contribution is 7.99. The third-order valence-corrected chi connectivity index (χ3v) is 7.44. The maximum absolute atomic E-state index is 12.8. The van der Waals surface area contributed by atoms with E-state index in [-0.39, 0.29) is 17.1 Å². The largest absolute Gasteiger partial charge is 0.494 e. The van der Waals surface area contributed by atoms with Crippen molar-refractivity contribution < 1.29 is 9.53 Å². The zero-order valence-electron chi connectivity index (χ0n) is 20.4. The predicted octanol–water partition coefficient (Wildman–Crippen LogP) is 5.20. The van der Waals surface area contributed by atoms with Gasteiger partial charge in [-0.3, -0.25) is 9.36 Å². The molecule has 7 heteroatoms. The quantitative estimate of drug-likeness (QED) is 0.288. The second kappa shape index (κ2) is 11.0. The molecule has 0 spiro atoms. The highest BCUT2D eigenvalue weighted by Crippen LogP contribution is 2.47. The van der Waals surface area contributed by atoms with Crippen molar-refractivity contribution in [3.05, 3.63) is 102 Å². The van der Waals surface area contributed by atoms with E-state index in [9.17, 15) is 4.79 Å². The van der Waals surface area contributed by atoms with Crippen molar-refractivity contribution in [2.75, 3.05) is 18.9 Å². The normalized spacial score (nSPS) is 13.8. The molecule has 0 aliphatic heterocycles. The van der Waals surface area contributed by atoms with Crippen LogP contribution in [0.3, 0.4) is 0 Å². The first-order valence-corrected chi connectivity index (χ1v) is 13.3. The molecule has 5 rings (SSSR count). The van der Waals surface area contributed by atoms with Crippen LogP contribution in [-0.2, 0) is 16.6 Å². The van der Waals surface area contributed by atoms with Gasteiger partial charge < -0.3 is 10.1 Å². The minimum absolute atomic E-state index is 0.00746. The lowest BCUT2D eigenvalue weighted by Gasteiger charge is -2.16. The molecule has 184 valence electrons. The van der Waals surface area contributed by atoms with Crippen LogP contribution in [0.4, 0.5) is 0 Å². The van der Waals surface area contributed by atoms with E-state index in [4.69, 9.17) is 4.74 Å². The second-order valence-electron chi connectivity index (χ2n) is 9.04. The molecule has 0 bridgehead atoms. The van der Waals surface area contributed by atoms with Crippen LogP contribution in [0.2, 0.25) is 0 Å². The molecule has 1 aliphatic rings. The third kappa shape index (κ3) is 5.62. The summed E-state index contributed by atoms with van der Waals surface area (Å²) >= 11 is 1.41. The van der Waals surface area contributed by atoms with Gasteiger partial charge in [-0.05, 0) is 55.2 Å². The number of carbonyl (C=O) groups excluding carboxylic acids is 1. The van der Waals surface area contributed by atoms with E-state index in [0.717, 1.165) is 35.7 Å². The average molecular weight is 499 g/mol. The summed E-state index contributed by atoms with van der Waals surface area (Å²) in [4.78, 5) is 12.8. The number of hydrogen-bond donors (Lipinski definition) is 1. The summed E-state index contributed by atoms with van der Waals surface area (Å²) in [5.74, 6) is 1.94. The molecule has 0 saturated heterocycles. The number of hydrogen-bond acceptors (Lipinski definition) is 5. The van der Waals surface area contributed by atoms with Gasteiger partial charge in [-0.25, -0.2) is 0 Å². The van der Waals surface area contributed by atoms with Gasteiger partial charge in [0.15, 0.2) is 5.16 Å². The van der Waals surface area contributed by atoms with Gasteiger partial charge in [0.2, 0.25) is 5.91 Å². The lowest BCUT2D eigenvalue weighted by Crippen LogP contribution is -2.33. The van der Waals surface area contributed by atoms with E-state index in [2.05, 4.69) is 51.9 Å². The SMILES string of the molecule is CCOc1ccc(-n2c(Cc3ccccc3)nnc2SCC(=O)NCC2(c3ccccc3)CC2)cc1. The predicted molar refractivity (Wildman–Crippen MR) is 143 cm³/mol. The number of carbonyl (C=O) groups is 1. The van der Waals surface area contributed by atoms with E-state index >= 15 is 0 Å². The van der Waals surface area contributed by atoms with Gasteiger partial charge in [0.05, 0.1) is 12.4 Å². The van der Waals surface area contributed by atoms with Gasteiger partial charge in [0.25, 0.3) is 0 Å². The fourth-order valence-corrected chi connectivity index (χ4v) is 5.16. The smallest absolute Gasteiger partial charge is 0.230 e. The Morgan fingerprint density at radius 3 is 2.33 bits per heavy atom. The van der Waals surface area contributed by atoms with Crippen molar-refractivity contribution in [3.63, 3.8) is 0 Å². The number of thioether (sulfide) groups is 1. The molecule has 4 aromatic rings. The van der Waals surface area contributed by atoms with Crippen molar-refractivity contribution in [2.45, 2.75) is 36.8 Å². The molecule has 1 aromatic heterocycles. The van der Waals surface area contributed by atoms with Crippen LogP contribution in [0.5, 0.6) is 5.75 Å². The van der Waals surface area contributed by atoms with Crippen molar-refractivity contribution >= 4 is 17.7 Å². The van der Waals surface area contributed by atoms with Crippen LogP contribution in [-0.4, -0.2) is 39.6 Å². The van der Waals surface area contributed by atoms with E-state index in [0.29, 0.717) is 24.7 Å². The maximum Gasteiger partial charge on any atom is 0.230 e. The Labute approximate surface area is 216 Å². The van der Waals surface area contributed by atoms with Crippen molar-refractivity contribution in [1.82, 2.24) is 20.1 Å². The lowest BCUT2D eigenvalue weighted by atomic mass is 9.96. The number of ether oxygens (including phenoxy) is 1. The number of rotatable bonds is 11. The molecule has 3 aromatic carbocycles. The van der Waals surface area contributed by atoms with Crippen LogP contribution in [0.1, 0.15) is 36.7 Å². The fourth-order valence-electron chi connectivity index (χ4n) is 4.36. The maximum atomic E-state index is 12.8. The highest BCUT2D eigenvalue weighted by atomic mass is 32.2. The van der Waals surface area contributed by atoms with Crippen LogP contribution in [0.25, 0.3) is 5.69 Å². The third-order valence-electron chi connectivity index (χ3n) is 6.51. The molecule has 1 N–H and O–H groups in total. The molecule has 36 heavy (non-hydrogen) atoms. The summed E-state index contributed by atoms with van der Waals surface area (Å²) < 4.78 is 7.64. The van der Waals surface area contributed by atoms with Crippen LogP contribution in [0, 0.1) is 0 Å². The first-order chi connectivity index (χ1) is 17.7. The Morgan fingerprint density at radius 2 is 1.67 bits per heavy atom. The van der Waals surface area contributed by atoms with E-state index < -0.39 is 0 Å². The van der Waals surface area contributed by atoms with Crippen LogP contribution in [0.15, 0.2) is 90.1 Å². The number of aromatic nitrogens is 3. The van der Waals surface area contributed by atoms with E-state index in [1.807, 2.05) is 60.0 Å². The minimum atomic E-state index is 0.00746. The van der Waals surface area contributed by atoms with Crippen LogP contribution >= 0.6 is 11.8 Å². The van der Waals surface area contributed by atoms with Crippen molar-refractivity contribution in [1.29, 1.82) is 0 Å². The molecule has 1 fully saturated rings. The molecular formula is C29H30N4O2S. The Balaban J connectivity index is 1.29. The van der Waals surface area contributed by atoms with Gasteiger partial charge in [-0.2, -0.15) is 0 Å². The fraction of sp³-hybridized carbons (Fsp3) is 0.276. The average Bonchev–Trinajstić information content (AvgIpc) is 3.62. The van der Waals surface area contributed by atoms with Gasteiger partial charge >= 0.3 is 0 Å². The molecule has 1 heterocycles. The molecular weight excluding hydrogens is 468 g/mol. The Bertz CT molecular complexity index is 1290. The summed E-state index contributed by atoms with van der Waals surface area (Å²) in [6.07, 6.45) is 2.87. The Kier molecular flexibility index (Phi) is 7.37. The Hall–Kier alpha value is -3.58. The van der Waals surface area contributed by atoms with Crippen LogP contribution < -0.4 is 10.1 Å². The summed E-state index contributed by atoms with van der Waals surface area (Å²) in [7, 11) is 0. The van der Waals surface area contributed by atoms with Gasteiger partial charge in [0.1, 0.15) is 11.6 Å². The van der Waals surface area contributed by atoms with E-state index in [1.165, 1.54) is 17.3 Å². The van der Waals surface area contributed by atoms with E-state index in [1.54, 1.807) is 0 Å². The van der Waals surface area contributed by atoms with Crippen molar-refractivity contribution in [2.24, 2.45) is 0 Å². The van der Waals surface area contributed by atoms with Gasteiger partial charge in [0, 0.05) is 24.1 Å². The Morgan fingerprint density at radius 1 is 0.972 bits per heavy atom. The number of benzene rings is 3. The highest BCUT2D eigenvalue weighted by Gasteiger charge is 2.44. The molecule has 1 aliphatic carbocycles. The summed E-state index contributed by atoms with van der Waals surface area (Å²) in [5.41, 5.74) is 3.49. The molecule has 6 nitrogen and oxygen atoms in total. The zero-order chi connectivity index (χ0) is 24.8. The summed E-state index contributed by atoms with van der Waals surface area (Å²) in [6, 6.07) is 28.6. The first-order valence-electron chi connectivity index (χ1n) is 12.3. The topological polar surface area (TPSA) is 69.0 Å². The van der Waals surface area contributed by atoms with Gasteiger partial charge in [-0.1, -0.05) is 72.4 Å². The van der Waals surface area contributed by atoms with Gasteiger partial charge in [-0.15, -0.1) is 10.2 Å². The molecule has 1 saturated carbocycles. The lowest BCUT2D eigenvalue weighted by molar-refractivity contribution is -0.118. The minimum Gasteiger partial charge on any atom is -0.494 e. The summed E-state index contributed by atoms with van der Waals surface area (Å²) in [6.45, 7) is 3.25. The number of amides is 1. The zero-order valence-corrected chi connectivity index (χ0v) is 21.2. The first kappa shape index (κ1) is 24.1. The monoisotopic (exact) mass is 498 g/mol. The second-order valence-corrected chi connectivity index (χ2v) is 9.98. The van der Waals surface area contributed by atoms with Crippen molar-refractivity contribution in [3.8, 4) is 11.4 Å². The molecule has 1 amide bonds. The molecule has 0 atom stereocenters. The molecule has 0 unspecified atom stereocenters. The summed E-state index contributed by atoms with van der Waals surface area (Å²) in [5, 5.41) is 12.8. The molecule has 0 radical (unpaired) electrons. The standard InChI is InChI=1S/C29H30N4O2S/c1-2-35-25-15-13-24(14-16-25)33-26(19-22-9-5-3-6-10-22)31-32-28(33)36-20-27(34)30-21-29(17-18-29)23-11-7-4-8-12-23/h3-16H,2,17-21H2,1H3,(H,30,34). The number of nitrogens with one attached hydrogen (secondary N) is 1. The number of nitrogens with zero attached hydrogens (tertiary/aromatic N) is 3.